The zero-order chi connectivity index (χ0) is 16.9. The highest BCUT2D eigenvalue weighted by Gasteiger charge is 2.14. The minimum absolute atomic E-state index is 0.185. The van der Waals surface area contributed by atoms with Crippen LogP contribution in [0.15, 0.2) is 42.5 Å². The van der Waals surface area contributed by atoms with Crippen LogP contribution in [0.4, 0.5) is 14.5 Å². The molecule has 0 aliphatic carbocycles. The Kier molecular flexibility index (Phi) is 5.17. The van der Waals surface area contributed by atoms with Crippen LogP contribution >= 0.6 is 0 Å². The lowest BCUT2D eigenvalue weighted by molar-refractivity contribution is 0.0342. The van der Waals surface area contributed by atoms with E-state index in [1.807, 2.05) is 18.2 Å². The minimum Gasteiger partial charge on any atom is -0.379 e. The number of nitrogens with one attached hydrogen (secondary N) is 1. The van der Waals surface area contributed by atoms with E-state index in [0.29, 0.717) is 11.8 Å². The Labute approximate surface area is 139 Å². The highest BCUT2D eigenvalue weighted by molar-refractivity contribution is 6.04. The number of amides is 1. The number of nitrogens with zero attached hydrogens (tertiary/aromatic N) is 1. The van der Waals surface area contributed by atoms with Gasteiger partial charge in [-0.25, -0.2) is 8.78 Å². The van der Waals surface area contributed by atoms with Crippen molar-refractivity contribution in [3.63, 3.8) is 0 Å². The normalized spacial score (nSPS) is 15.2. The predicted molar refractivity (Wildman–Crippen MR) is 86.8 cm³/mol. The Morgan fingerprint density at radius 2 is 1.92 bits per heavy atom. The van der Waals surface area contributed by atoms with Gasteiger partial charge in [0.25, 0.3) is 5.91 Å². The largest absolute Gasteiger partial charge is 0.379 e. The quantitative estimate of drug-likeness (QED) is 0.936. The van der Waals surface area contributed by atoms with Gasteiger partial charge in [-0.2, -0.15) is 0 Å². The van der Waals surface area contributed by atoms with Gasteiger partial charge in [-0.05, 0) is 29.8 Å². The topological polar surface area (TPSA) is 41.6 Å². The van der Waals surface area contributed by atoms with Crippen LogP contribution in [0.25, 0.3) is 0 Å². The fourth-order valence-electron chi connectivity index (χ4n) is 2.64. The molecule has 0 spiro atoms. The van der Waals surface area contributed by atoms with Gasteiger partial charge in [0.15, 0.2) is 0 Å². The summed E-state index contributed by atoms with van der Waals surface area (Å²) in [5.41, 5.74) is 1.44. The Morgan fingerprint density at radius 3 is 2.67 bits per heavy atom. The summed E-state index contributed by atoms with van der Waals surface area (Å²) in [5, 5.41) is 2.65. The first kappa shape index (κ1) is 16.5. The molecule has 0 atom stereocenters. The third kappa shape index (κ3) is 4.15. The summed E-state index contributed by atoms with van der Waals surface area (Å²) in [4.78, 5) is 14.4. The molecule has 0 unspecified atom stereocenters. The molecule has 4 nitrogen and oxygen atoms in total. The van der Waals surface area contributed by atoms with Crippen LogP contribution in [0.3, 0.4) is 0 Å². The first-order valence-corrected chi connectivity index (χ1v) is 7.77. The Balaban J connectivity index is 1.68. The van der Waals surface area contributed by atoms with Crippen molar-refractivity contribution in [2.45, 2.75) is 6.54 Å². The third-order valence-corrected chi connectivity index (χ3v) is 3.87. The van der Waals surface area contributed by atoms with Gasteiger partial charge in [-0.1, -0.05) is 12.1 Å². The lowest BCUT2D eigenvalue weighted by Gasteiger charge is -2.26. The van der Waals surface area contributed by atoms with Gasteiger partial charge in [0.1, 0.15) is 11.6 Å². The molecule has 1 aliphatic rings. The highest BCUT2D eigenvalue weighted by Crippen LogP contribution is 2.16. The summed E-state index contributed by atoms with van der Waals surface area (Å²) in [7, 11) is 0. The van der Waals surface area contributed by atoms with E-state index in [2.05, 4.69) is 10.2 Å². The molecule has 0 saturated carbocycles. The van der Waals surface area contributed by atoms with E-state index in [4.69, 9.17) is 4.74 Å². The van der Waals surface area contributed by atoms with Gasteiger partial charge in [0, 0.05) is 31.4 Å². The van der Waals surface area contributed by atoms with Crippen LogP contribution in [-0.2, 0) is 11.3 Å². The molecule has 1 heterocycles. The van der Waals surface area contributed by atoms with Crippen LogP contribution in [0.1, 0.15) is 15.9 Å². The van der Waals surface area contributed by atoms with Gasteiger partial charge in [0.2, 0.25) is 0 Å². The van der Waals surface area contributed by atoms with Gasteiger partial charge >= 0.3 is 0 Å². The molecular formula is C18H18F2N2O2. The molecule has 2 aromatic rings. The van der Waals surface area contributed by atoms with Crippen molar-refractivity contribution < 1.29 is 18.3 Å². The van der Waals surface area contributed by atoms with Crippen molar-refractivity contribution in [2.75, 3.05) is 31.6 Å². The van der Waals surface area contributed by atoms with Crippen LogP contribution in [0, 0.1) is 11.6 Å². The summed E-state index contributed by atoms with van der Waals surface area (Å²) in [6, 6.07) is 10.3. The number of carbonyl (C=O) groups is 1. The van der Waals surface area contributed by atoms with Crippen LogP contribution < -0.4 is 5.32 Å². The second kappa shape index (κ2) is 7.51. The van der Waals surface area contributed by atoms with Crippen molar-refractivity contribution in [3.8, 4) is 0 Å². The Morgan fingerprint density at radius 1 is 1.12 bits per heavy atom. The monoisotopic (exact) mass is 332 g/mol. The van der Waals surface area contributed by atoms with Gasteiger partial charge in [0.05, 0.1) is 18.8 Å². The van der Waals surface area contributed by atoms with Crippen molar-refractivity contribution >= 4 is 11.6 Å². The van der Waals surface area contributed by atoms with Crippen molar-refractivity contribution in [1.82, 2.24) is 4.90 Å². The SMILES string of the molecule is O=C(Nc1cccc(CN2CCOCC2)c1)c1ccc(F)cc1F. The molecule has 24 heavy (non-hydrogen) atoms. The van der Waals surface area contributed by atoms with Crippen molar-refractivity contribution in [3.05, 3.63) is 65.2 Å². The van der Waals surface area contributed by atoms with E-state index in [1.165, 1.54) is 0 Å². The zero-order valence-electron chi connectivity index (χ0n) is 13.1. The molecule has 6 heteroatoms. The highest BCUT2D eigenvalue weighted by atomic mass is 19.1. The molecule has 126 valence electrons. The number of anilines is 1. The van der Waals surface area contributed by atoms with Gasteiger partial charge < -0.3 is 10.1 Å². The maximum absolute atomic E-state index is 13.7. The standard InChI is InChI=1S/C18H18F2N2O2/c19-14-4-5-16(17(20)11-14)18(23)21-15-3-1-2-13(10-15)12-22-6-8-24-9-7-22/h1-5,10-11H,6-9,12H2,(H,21,23). The average Bonchev–Trinajstić information content (AvgIpc) is 2.56. The summed E-state index contributed by atoms with van der Waals surface area (Å²) in [6.45, 7) is 3.95. The van der Waals surface area contributed by atoms with E-state index in [9.17, 15) is 13.6 Å². The third-order valence-electron chi connectivity index (χ3n) is 3.87. The Bertz CT molecular complexity index is 731. The molecule has 3 rings (SSSR count). The van der Waals surface area contributed by atoms with Gasteiger partial charge in [-0.15, -0.1) is 0 Å². The van der Waals surface area contributed by atoms with Crippen molar-refractivity contribution in [1.29, 1.82) is 0 Å². The molecule has 1 fully saturated rings. The average molecular weight is 332 g/mol. The van der Waals surface area contributed by atoms with E-state index in [-0.39, 0.29) is 5.56 Å². The summed E-state index contributed by atoms with van der Waals surface area (Å²) in [6.07, 6.45) is 0. The molecule has 1 saturated heterocycles. The number of carbonyl (C=O) groups excluding carboxylic acids is 1. The van der Waals surface area contributed by atoms with Gasteiger partial charge in [-0.3, -0.25) is 9.69 Å². The fourth-order valence-corrected chi connectivity index (χ4v) is 2.64. The number of morpholine rings is 1. The fraction of sp³-hybridized carbons (Fsp3) is 0.278. The minimum atomic E-state index is -0.878. The Hall–Kier alpha value is -2.31. The number of hydrogen-bond donors (Lipinski definition) is 1. The number of benzene rings is 2. The first-order chi connectivity index (χ1) is 11.6. The molecule has 1 aliphatic heterocycles. The zero-order valence-corrected chi connectivity index (χ0v) is 13.1. The van der Waals surface area contributed by atoms with Crippen LogP contribution in [0.2, 0.25) is 0 Å². The maximum Gasteiger partial charge on any atom is 0.258 e. The molecule has 0 aromatic heterocycles. The van der Waals surface area contributed by atoms with E-state index < -0.39 is 17.5 Å². The lowest BCUT2D eigenvalue weighted by Crippen LogP contribution is -2.35. The van der Waals surface area contributed by atoms with Crippen LogP contribution in [-0.4, -0.2) is 37.1 Å². The second-order valence-electron chi connectivity index (χ2n) is 5.67. The summed E-state index contributed by atoms with van der Waals surface area (Å²) in [5.74, 6) is -2.19. The van der Waals surface area contributed by atoms with E-state index >= 15 is 0 Å². The molecule has 0 bridgehead atoms. The molecule has 2 aromatic carbocycles. The van der Waals surface area contributed by atoms with Crippen molar-refractivity contribution in [2.24, 2.45) is 0 Å². The predicted octanol–water partition coefficient (Wildman–Crippen LogP) is 3.05. The van der Waals surface area contributed by atoms with Crippen LogP contribution in [0.5, 0.6) is 0 Å². The number of rotatable bonds is 4. The number of halogens is 2. The lowest BCUT2D eigenvalue weighted by atomic mass is 10.1. The molecule has 0 radical (unpaired) electrons. The first-order valence-electron chi connectivity index (χ1n) is 7.77. The maximum atomic E-state index is 13.7. The molecule has 1 N–H and O–H groups in total. The smallest absolute Gasteiger partial charge is 0.258 e. The molecule has 1 amide bonds. The second-order valence-corrected chi connectivity index (χ2v) is 5.67. The summed E-state index contributed by atoms with van der Waals surface area (Å²) >= 11 is 0. The molecular weight excluding hydrogens is 314 g/mol. The number of ether oxygens (including phenoxy) is 1. The van der Waals surface area contributed by atoms with E-state index in [1.54, 1.807) is 6.07 Å². The summed E-state index contributed by atoms with van der Waals surface area (Å²) < 4.78 is 31.9. The van der Waals surface area contributed by atoms with E-state index in [0.717, 1.165) is 50.5 Å². The number of hydrogen-bond acceptors (Lipinski definition) is 3.